The second-order valence-electron chi connectivity index (χ2n) is 5.23. The third-order valence-corrected chi connectivity index (χ3v) is 4.59. The van der Waals surface area contributed by atoms with E-state index in [1.165, 1.54) is 6.20 Å². The first kappa shape index (κ1) is 18.5. The molecule has 0 spiro atoms. The fraction of sp³-hybridized carbons (Fsp3) is 0.222. The standard InChI is InChI=1S/C18H18N4O2S/c19-8-10-22-18(24)15(12-25-11-13-5-2-1-3-6-13)16-14(17(20)23)7-4-9-21-16/h1-7,9,15H,10-12H2,(H2,20,23)(H,22,24). The quantitative estimate of drug-likeness (QED) is 0.703. The summed E-state index contributed by atoms with van der Waals surface area (Å²) < 4.78 is 0. The first-order valence-electron chi connectivity index (χ1n) is 7.64. The maximum atomic E-state index is 12.5. The van der Waals surface area contributed by atoms with Gasteiger partial charge in [0.1, 0.15) is 6.54 Å². The number of aromatic nitrogens is 1. The molecule has 1 heterocycles. The molecule has 1 unspecified atom stereocenters. The summed E-state index contributed by atoms with van der Waals surface area (Å²) in [5.41, 5.74) is 7.10. The SMILES string of the molecule is N#CCNC(=O)C(CSCc1ccccc1)c1ncccc1C(N)=O. The summed E-state index contributed by atoms with van der Waals surface area (Å²) in [4.78, 5) is 28.3. The van der Waals surface area contributed by atoms with Crippen LogP contribution in [0.15, 0.2) is 48.7 Å². The molecule has 0 aliphatic carbocycles. The second kappa shape index (κ2) is 9.45. The van der Waals surface area contributed by atoms with Crippen LogP contribution >= 0.6 is 11.8 Å². The number of pyridine rings is 1. The maximum Gasteiger partial charge on any atom is 0.250 e. The van der Waals surface area contributed by atoms with Gasteiger partial charge in [0.25, 0.3) is 5.91 Å². The minimum absolute atomic E-state index is 0.0998. The number of rotatable bonds is 8. The lowest BCUT2D eigenvalue weighted by molar-refractivity contribution is -0.121. The minimum Gasteiger partial charge on any atom is -0.366 e. The predicted molar refractivity (Wildman–Crippen MR) is 96.7 cm³/mol. The van der Waals surface area contributed by atoms with Gasteiger partial charge in [-0.1, -0.05) is 30.3 Å². The Hall–Kier alpha value is -2.85. The average Bonchev–Trinajstić information content (AvgIpc) is 2.64. The van der Waals surface area contributed by atoms with Gasteiger partial charge in [0.15, 0.2) is 0 Å². The molecule has 25 heavy (non-hydrogen) atoms. The number of thioether (sulfide) groups is 1. The monoisotopic (exact) mass is 354 g/mol. The third-order valence-electron chi connectivity index (χ3n) is 3.49. The van der Waals surface area contributed by atoms with Crippen molar-refractivity contribution in [3.05, 3.63) is 65.5 Å². The average molecular weight is 354 g/mol. The zero-order valence-electron chi connectivity index (χ0n) is 13.5. The largest absolute Gasteiger partial charge is 0.366 e. The third kappa shape index (κ3) is 5.33. The number of amides is 2. The Morgan fingerprint density at radius 2 is 2.00 bits per heavy atom. The summed E-state index contributed by atoms with van der Waals surface area (Å²) in [6.45, 7) is -0.0998. The molecular formula is C18H18N4O2S. The molecule has 0 fully saturated rings. The Morgan fingerprint density at radius 1 is 1.24 bits per heavy atom. The van der Waals surface area contributed by atoms with Crippen molar-refractivity contribution in [3.8, 4) is 6.07 Å². The van der Waals surface area contributed by atoms with Gasteiger partial charge >= 0.3 is 0 Å². The second-order valence-corrected chi connectivity index (χ2v) is 6.26. The van der Waals surface area contributed by atoms with E-state index in [0.29, 0.717) is 11.4 Å². The van der Waals surface area contributed by atoms with Crippen LogP contribution in [0.2, 0.25) is 0 Å². The van der Waals surface area contributed by atoms with E-state index in [9.17, 15) is 9.59 Å². The number of carbonyl (C=O) groups is 2. The van der Waals surface area contributed by atoms with E-state index in [0.717, 1.165) is 11.3 Å². The maximum absolute atomic E-state index is 12.5. The van der Waals surface area contributed by atoms with Crippen molar-refractivity contribution in [2.45, 2.75) is 11.7 Å². The Balaban J connectivity index is 2.17. The van der Waals surface area contributed by atoms with E-state index in [1.54, 1.807) is 23.9 Å². The molecule has 0 radical (unpaired) electrons. The summed E-state index contributed by atoms with van der Waals surface area (Å²) in [6.07, 6.45) is 1.52. The molecule has 1 atom stereocenters. The zero-order chi connectivity index (χ0) is 18.1. The van der Waals surface area contributed by atoms with Crippen molar-refractivity contribution in [2.75, 3.05) is 12.3 Å². The van der Waals surface area contributed by atoms with Crippen LogP contribution in [0.3, 0.4) is 0 Å². The fourth-order valence-electron chi connectivity index (χ4n) is 2.30. The van der Waals surface area contributed by atoms with Gasteiger partial charge in [0, 0.05) is 17.7 Å². The zero-order valence-corrected chi connectivity index (χ0v) is 14.3. The van der Waals surface area contributed by atoms with Gasteiger partial charge in [0.2, 0.25) is 5.91 Å². The number of hydrogen-bond acceptors (Lipinski definition) is 5. The van der Waals surface area contributed by atoms with Crippen LogP contribution in [-0.2, 0) is 10.5 Å². The molecular weight excluding hydrogens is 336 g/mol. The number of benzene rings is 1. The summed E-state index contributed by atoms with van der Waals surface area (Å²) >= 11 is 1.56. The molecule has 2 amide bonds. The smallest absolute Gasteiger partial charge is 0.250 e. The molecule has 2 rings (SSSR count). The van der Waals surface area contributed by atoms with Crippen LogP contribution in [0, 0.1) is 11.3 Å². The Morgan fingerprint density at radius 3 is 2.68 bits per heavy atom. The molecule has 2 aromatic rings. The normalized spacial score (nSPS) is 11.3. The Labute approximate surface area is 150 Å². The topological polar surface area (TPSA) is 109 Å². The lowest BCUT2D eigenvalue weighted by Gasteiger charge is -2.17. The van der Waals surface area contributed by atoms with Crippen molar-refractivity contribution >= 4 is 23.6 Å². The summed E-state index contributed by atoms with van der Waals surface area (Å²) in [6, 6.07) is 14.9. The molecule has 0 saturated heterocycles. The lowest BCUT2D eigenvalue weighted by atomic mass is 10.0. The number of nitrogens with two attached hydrogens (primary N) is 1. The predicted octanol–water partition coefficient (Wildman–Crippen LogP) is 1.84. The minimum atomic E-state index is -0.661. The van der Waals surface area contributed by atoms with Crippen molar-refractivity contribution in [1.29, 1.82) is 5.26 Å². The highest BCUT2D eigenvalue weighted by molar-refractivity contribution is 7.98. The molecule has 128 valence electrons. The van der Waals surface area contributed by atoms with Crippen LogP contribution < -0.4 is 11.1 Å². The summed E-state index contributed by atoms with van der Waals surface area (Å²) in [7, 11) is 0. The molecule has 1 aromatic heterocycles. The number of carbonyl (C=O) groups excluding carboxylic acids is 2. The van der Waals surface area contributed by atoms with Gasteiger partial charge in [-0.3, -0.25) is 14.6 Å². The molecule has 7 heteroatoms. The highest BCUT2D eigenvalue weighted by atomic mass is 32.2. The van der Waals surface area contributed by atoms with E-state index in [-0.39, 0.29) is 18.0 Å². The molecule has 0 aliphatic heterocycles. The number of nitriles is 1. The highest BCUT2D eigenvalue weighted by Gasteiger charge is 2.26. The lowest BCUT2D eigenvalue weighted by Crippen LogP contribution is -2.33. The summed E-state index contributed by atoms with van der Waals surface area (Å²) in [5.74, 6) is -0.492. The van der Waals surface area contributed by atoms with Gasteiger partial charge in [-0.05, 0) is 17.7 Å². The van der Waals surface area contributed by atoms with Crippen molar-refractivity contribution in [2.24, 2.45) is 5.73 Å². The molecule has 3 N–H and O–H groups in total. The van der Waals surface area contributed by atoms with Crippen molar-refractivity contribution < 1.29 is 9.59 Å². The fourth-order valence-corrected chi connectivity index (χ4v) is 3.39. The van der Waals surface area contributed by atoms with E-state index >= 15 is 0 Å². The number of primary amides is 1. The molecule has 6 nitrogen and oxygen atoms in total. The molecule has 0 saturated carbocycles. The first-order chi connectivity index (χ1) is 12.1. The summed E-state index contributed by atoms with van der Waals surface area (Å²) in [5, 5.41) is 11.2. The molecule has 0 bridgehead atoms. The van der Waals surface area contributed by atoms with Crippen LogP contribution in [0.1, 0.15) is 27.5 Å². The van der Waals surface area contributed by atoms with Crippen LogP contribution in [0.4, 0.5) is 0 Å². The number of nitrogens with one attached hydrogen (secondary N) is 1. The Bertz CT molecular complexity index is 774. The first-order valence-corrected chi connectivity index (χ1v) is 8.80. The van der Waals surface area contributed by atoms with E-state index < -0.39 is 11.8 Å². The van der Waals surface area contributed by atoms with Gasteiger partial charge in [-0.25, -0.2) is 0 Å². The molecule has 1 aromatic carbocycles. The van der Waals surface area contributed by atoms with Crippen LogP contribution in [0.5, 0.6) is 0 Å². The van der Waals surface area contributed by atoms with Crippen LogP contribution in [0.25, 0.3) is 0 Å². The van der Waals surface area contributed by atoms with E-state index in [1.807, 2.05) is 36.4 Å². The van der Waals surface area contributed by atoms with Crippen LogP contribution in [-0.4, -0.2) is 29.1 Å². The van der Waals surface area contributed by atoms with E-state index in [2.05, 4.69) is 10.3 Å². The van der Waals surface area contributed by atoms with Crippen molar-refractivity contribution in [1.82, 2.24) is 10.3 Å². The van der Waals surface area contributed by atoms with Crippen molar-refractivity contribution in [3.63, 3.8) is 0 Å². The Kier molecular flexibility index (Phi) is 6.99. The van der Waals surface area contributed by atoms with Gasteiger partial charge in [0.05, 0.1) is 23.2 Å². The number of nitrogens with zero attached hydrogens (tertiary/aromatic N) is 2. The molecule has 0 aliphatic rings. The highest BCUT2D eigenvalue weighted by Crippen LogP contribution is 2.24. The van der Waals surface area contributed by atoms with Gasteiger partial charge < -0.3 is 11.1 Å². The van der Waals surface area contributed by atoms with Gasteiger partial charge in [-0.15, -0.1) is 0 Å². The van der Waals surface area contributed by atoms with Gasteiger partial charge in [-0.2, -0.15) is 17.0 Å². The number of hydrogen-bond donors (Lipinski definition) is 2. The van der Waals surface area contributed by atoms with E-state index in [4.69, 9.17) is 11.0 Å².